The highest BCUT2D eigenvalue weighted by atomic mass is 16.5. The molecule has 4 unspecified atom stereocenters. The number of rotatable bonds is 7. The lowest BCUT2D eigenvalue weighted by Gasteiger charge is -2.37. The molecule has 0 aromatic heterocycles. The summed E-state index contributed by atoms with van der Waals surface area (Å²) in [5.41, 5.74) is 1.50. The minimum atomic E-state index is -0.535. The van der Waals surface area contributed by atoms with Gasteiger partial charge in [-0.25, -0.2) is 0 Å². The van der Waals surface area contributed by atoms with Crippen LogP contribution in [0.25, 0.3) is 0 Å². The molecule has 1 aliphatic heterocycles. The van der Waals surface area contributed by atoms with Crippen molar-refractivity contribution in [1.82, 2.24) is 4.90 Å². The average molecular weight is 444 g/mol. The molecule has 0 spiro atoms. The van der Waals surface area contributed by atoms with Gasteiger partial charge in [0.25, 0.3) is 0 Å². The van der Waals surface area contributed by atoms with Crippen LogP contribution in [0.3, 0.4) is 0 Å². The van der Waals surface area contributed by atoms with Crippen molar-refractivity contribution in [3.05, 3.63) is 41.5 Å². The van der Waals surface area contributed by atoms with Crippen LogP contribution in [0.5, 0.6) is 17.2 Å². The van der Waals surface area contributed by atoms with Gasteiger partial charge in [0.15, 0.2) is 0 Å². The number of amides is 1. The molecule has 1 saturated heterocycles. The zero-order valence-electron chi connectivity index (χ0n) is 19.9. The summed E-state index contributed by atoms with van der Waals surface area (Å²) in [7, 11) is 3.10. The van der Waals surface area contributed by atoms with E-state index in [4.69, 9.17) is 9.47 Å². The molecule has 1 aliphatic carbocycles. The van der Waals surface area contributed by atoms with E-state index in [-0.39, 0.29) is 29.9 Å². The number of aliphatic hydroxyl groups is 1. The Bertz CT molecular complexity index is 865. The number of likely N-dealkylation sites (tertiary alicyclic amines) is 1. The molecule has 5 atom stereocenters. The highest BCUT2D eigenvalue weighted by molar-refractivity contribution is 5.78. The van der Waals surface area contributed by atoms with Crippen molar-refractivity contribution in [1.29, 1.82) is 0 Å². The Morgan fingerprint density at radius 3 is 2.41 bits per heavy atom. The normalized spacial score (nSPS) is 25.1. The van der Waals surface area contributed by atoms with Crippen LogP contribution in [0.4, 0.5) is 0 Å². The fraction of sp³-hybridized carbons (Fsp3) is 0.577. The Morgan fingerprint density at radius 2 is 1.88 bits per heavy atom. The fourth-order valence-electron chi connectivity index (χ4n) is 5.16. The number of phenolic OH excluding ortho intramolecular Hbond substituents is 1. The van der Waals surface area contributed by atoms with Crippen LogP contribution in [0.2, 0.25) is 0 Å². The van der Waals surface area contributed by atoms with E-state index in [1.165, 1.54) is 0 Å². The number of phenols is 1. The third-order valence-electron chi connectivity index (χ3n) is 6.70. The van der Waals surface area contributed by atoms with Gasteiger partial charge in [0.1, 0.15) is 17.2 Å². The summed E-state index contributed by atoms with van der Waals surface area (Å²) in [6.07, 6.45) is 7.55. The van der Waals surface area contributed by atoms with Crippen LogP contribution >= 0.6 is 0 Å². The number of hydrogen-bond acceptors (Lipinski definition) is 5. The third kappa shape index (κ3) is 5.47. The number of nitrogens with zero attached hydrogens (tertiary/aromatic N) is 1. The van der Waals surface area contributed by atoms with Crippen molar-refractivity contribution in [3.8, 4) is 17.2 Å². The van der Waals surface area contributed by atoms with Gasteiger partial charge in [-0.15, -0.1) is 0 Å². The van der Waals surface area contributed by atoms with Crippen molar-refractivity contribution in [2.75, 3.05) is 27.3 Å². The number of allylic oxidation sites excluding steroid dienone is 2. The summed E-state index contributed by atoms with van der Waals surface area (Å²) in [4.78, 5) is 15.4. The molecule has 1 aromatic carbocycles. The number of carbonyl (C=O) groups is 1. The van der Waals surface area contributed by atoms with Crippen molar-refractivity contribution in [2.24, 2.45) is 17.8 Å². The number of carbonyl (C=O) groups excluding carboxylic acids is 1. The van der Waals surface area contributed by atoms with E-state index in [0.717, 1.165) is 25.1 Å². The number of aliphatic hydroxyl groups excluding tert-OH is 1. The molecule has 176 valence electrons. The van der Waals surface area contributed by atoms with Gasteiger partial charge < -0.3 is 24.6 Å². The average Bonchev–Trinajstić information content (AvgIpc) is 2.76. The maximum Gasteiger partial charge on any atom is 0.223 e. The van der Waals surface area contributed by atoms with Crippen LogP contribution in [0, 0.1) is 17.8 Å². The molecule has 0 bridgehead atoms. The van der Waals surface area contributed by atoms with Gasteiger partial charge in [0.2, 0.25) is 5.91 Å². The van der Waals surface area contributed by atoms with Crippen LogP contribution in [-0.4, -0.2) is 54.4 Å². The summed E-state index contributed by atoms with van der Waals surface area (Å²) in [6, 6.07) is 3.32. The minimum Gasteiger partial charge on any atom is -0.507 e. The molecular formula is C26H37NO5. The Hall–Kier alpha value is -2.47. The predicted molar refractivity (Wildman–Crippen MR) is 125 cm³/mol. The molecule has 2 aliphatic rings. The van der Waals surface area contributed by atoms with E-state index in [2.05, 4.69) is 13.8 Å². The fourth-order valence-corrected chi connectivity index (χ4v) is 5.16. The van der Waals surface area contributed by atoms with E-state index in [9.17, 15) is 15.0 Å². The van der Waals surface area contributed by atoms with E-state index < -0.39 is 6.10 Å². The van der Waals surface area contributed by atoms with Crippen LogP contribution in [-0.2, 0) is 4.79 Å². The topological polar surface area (TPSA) is 79.2 Å². The number of benzene rings is 1. The van der Waals surface area contributed by atoms with Crippen molar-refractivity contribution in [3.63, 3.8) is 0 Å². The zero-order valence-corrected chi connectivity index (χ0v) is 19.9. The third-order valence-corrected chi connectivity index (χ3v) is 6.70. The van der Waals surface area contributed by atoms with Gasteiger partial charge in [-0.1, -0.05) is 32.1 Å². The number of methoxy groups -OCH3 is 2. The van der Waals surface area contributed by atoms with Crippen molar-refractivity contribution >= 4 is 5.91 Å². The first-order chi connectivity index (χ1) is 15.2. The number of aromatic hydroxyl groups is 1. The highest BCUT2D eigenvalue weighted by Gasteiger charge is 2.33. The molecule has 1 heterocycles. The monoisotopic (exact) mass is 443 g/mol. The maximum atomic E-state index is 13.4. The van der Waals surface area contributed by atoms with Crippen LogP contribution < -0.4 is 9.47 Å². The number of hydrogen-bond donors (Lipinski definition) is 2. The molecule has 1 aromatic rings. The van der Waals surface area contributed by atoms with E-state index >= 15 is 0 Å². The lowest BCUT2D eigenvalue weighted by Crippen LogP contribution is -2.43. The standard InChI is InChI=1S/C26H37NO5/c1-16-10-17(2)15-27(14-16)25(30)13-22(20-8-6-19(7-9-20)18(3)28)26-23(29)11-21(31-4)12-24(26)32-5/h6-8,11-12,16-18,20,22,28-29H,9-10,13-15H2,1-5H3/t16?,17?,18?,20?,22-/m1/s1. The lowest BCUT2D eigenvalue weighted by atomic mass is 9.77. The smallest absolute Gasteiger partial charge is 0.223 e. The lowest BCUT2D eigenvalue weighted by molar-refractivity contribution is -0.134. The maximum absolute atomic E-state index is 13.4. The van der Waals surface area contributed by atoms with E-state index in [0.29, 0.717) is 35.3 Å². The zero-order chi connectivity index (χ0) is 23.4. The van der Waals surface area contributed by atoms with Crippen LogP contribution in [0.1, 0.15) is 51.5 Å². The van der Waals surface area contributed by atoms with Gasteiger partial charge >= 0.3 is 0 Å². The molecule has 32 heavy (non-hydrogen) atoms. The second-order valence-electron chi connectivity index (χ2n) is 9.46. The Kier molecular flexibility index (Phi) is 7.88. The Balaban J connectivity index is 1.94. The van der Waals surface area contributed by atoms with Gasteiger partial charge in [-0.05, 0) is 43.1 Å². The Morgan fingerprint density at radius 1 is 1.19 bits per heavy atom. The largest absolute Gasteiger partial charge is 0.507 e. The molecule has 2 N–H and O–H groups in total. The van der Waals surface area contributed by atoms with Gasteiger partial charge in [0, 0.05) is 43.1 Å². The molecule has 0 radical (unpaired) electrons. The first kappa shape index (κ1) is 24.2. The summed E-state index contributed by atoms with van der Waals surface area (Å²) in [5.74, 6) is 1.88. The molecule has 0 saturated carbocycles. The molecule has 3 rings (SSSR count). The van der Waals surface area contributed by atoms with E-state index in [1.54, 1.807) is 33.3 Å². The molecule has 6 heteroatoms. The molecule has 6 nitrogen and oxygen atoms in total. The molecular weight excluding hydrogens is 406 g/mol. The highest BCUT2D eigenvalue weighted by Crippen LogP contribution is 2.45. The van der Waals surface area contributed by atoms with Crippen molar-refractivity contribution < 1.29 is 24.5 Å². The summed E-state index contributed by atoms with van der Waals surface area (Å²) >= 11 is 0. The Labute approximate surface area is 191 Å². The molecule has 1 amide bonds. The minimum absolute atomic E-state index is 0.00529. The van der Waals surface area contributed by atoms with Crippen molar-refractivity contribution in [2.45, 2.75) is 52.1 Å². The molecule has 1 fully saturated rings. The first-order valence-electron chi connectivity index (χ1n) is 11.5. The summed E-state index contributed by atoms with van der Waals surface area (Å²) < 4.78 is 10.9. The van der Waals surface area contributed by atoms with Gasteiger partial charge in [-0.2, -0.15) is 0 Å². The summed E-state index contributed by atoms with van der Waals surface area (Å²) in [5, 5.41) is 20.8. The quantitative estimate of drug-likeness (QED) is 0.658. The number of piperidine rings is 1. The van der Waals surface area contributed by atoms with E-state index in [1.807, 2.05) is 23.1 Å². The second-order valence-corrected chi connectivity index (χ2v) is 9.46. The first-order valence-corrected chi connectivity index (χ1v) is 11.5. The second kappa shape index (κ2) is 10.4. The summed E-state index contributed by atoms with van der Waals surface area (Å²) in [6.45, 7) is 7.67. The predicted octanol–water partition coefficient (Wildman–Crippen LogP) is 4.27. The van der Waals surface area contributed by atoms with Gasteiger partial charge in [-0.3, -0.25) is 4.79 Å². The van der Waals surface area contributed by atoms with Crippen LogP contribution in [0.15, 0.2) is 35.9 Å². The SMILES string of the molecule is COc1cc(O)c([C@H](CC(=O)N2CC(C)CC(C)C2)C2C=CC(C(C)O)=CC2)c(OC)c1. The number of ether oxygens (including phenoxy) is 2. The van der Waals surface area contributed by atoms with Gasteiger partial charge in [0.05, 0.1) is 20.3 Å².